The standard InChI is InChI=1S/C18H20N4O5S/c1-11-6-4-5-7-14(11)17(24)20-21-18(25)15-10-13(19-12(2)23)8-9-16(15)22-28(3,26)27/h4-10,22H,1-3H3,(H,19,23)(H,20,24)(H,21,25). The van der Waals surface area contributed by atoms with Gasteiger partial charge < -0.3 is 5.32 Å². The van der Waals surface area contributed by atoms with Crippen LogP contribution in [0.3, 0.4) is 0 Å². The average molecular weight is 404 g/mol. The van der Waals surface area contributed by atoms with Crippen LogP contribution in [-0.2, 0) is 14.8 Å². The Kier molecular flexibility index (Phi) is 6.37. The fourth-order valence-corrected chi connectivity index (χ4v) is 2.96. The summed E-state index contributed by atoms with van der Waals surface area (Å²) in [5.41, 5.74) is 5.84. The van der Waals surface area contributed by atoms with Gasteiger partial charge in [-0.1, -0.05) is 18.2 Å². The van der Waals surface area contributed by atoms with E-state index < -0.39 is 21.8 Å². The van der Waals surface area contributed by atoms with E-state index in [0.29, 0.717) is 11.3 Å². The van der Waals surface area contributed by atoms with E-state index in [-0.39, 0.29) is 17.2 Å². The van der Waals surface area contributed by atoms with Crippen LogP contribution in [0.25, 0.3) is 0 Å². The summed E-state index contributed by atoms with van der Waals surface area (Å²) in [6.45, 7) is 3.05. The molecule has 4 N–H and O–H groups in total. The lowest BCUT2D eigenvalue weighted by Gasteiger charge is -2.14. The second-order valence-corrected chi connectivity index (χ2v) is 7.79. The molecule has 0 aromatic heterocycles. The molecule has 0 aliphatic rings. The smallest absolute Gasteiger partial charge is 0.271 e. The molecule has 0 heterocycles. The molecule has 0 unspecified atom stereocenters. The molecule has 28 heavy (non-hydrogen) atoms. The van der Waals surface area contributed by atoms with Gasteiger partial charge in [0.2, 0.25) is 15.9 Å². The van der Waals surface area contributed by atoms with Crippen molar-refractivity contribution in [3.8, 4) is 0 Å². The van der Waals surface area contributed by atoms with Crippen molar-refractivity contribution >= 4 is 39.1 Å². The highest BCUT2D eigenvalue weighted by molar-refractivity contribution is 7.92. The maximum Gasteiger partial charge on any atom is 0.271 e. The number of amides is 3. The summed E-state index contributed by atoms with van der Waals surface area (Å²) in [7, 11) is -3.65. The number of sulfonamides is 1. The molecule has 9 nitrogen and oxygen atoms in total. The van der Waals surface area contributed by atoms with Gasteiger partial charge in [-0.2, -0.15) is 0 Å². The minimum atomic E-state index is -3.65. The van der Waals surface area contributed by atoms with Gasteiger partial charge in [0.15, 0.2) is 0 Å². The molecule has 0 radical (unpaired) electrons. The largest absolute Gasteiger partial charge is 0.326 e. The molecular weight excluding hydrogens is 384 g/mol. The first kappa shape index (κ1) is 20.9. The summed E-state index contributed by atoms with van der Waals surface area (Å²) in [4.78, 5) is 36.0. The van der Waals surface area contributed by atoms with Crippen LogP contribution < -0.4 is 20.9 Å². The number of anilines is 2. The van der Waals surface area contributed by atoms with Crippen LogP contribution in [0.2, 0.25) is 0 Å². The highest BCUT2D eigenvalue weighted by atomic mass is 32.2. The second kappa shape index (κ2) is 8.53. The minimum Gasteiger partial charge on any atom is -0.326 e. The number of carbonyl (C=O) groups is 3. The molecule has 3 amide bonds. The van der Waals surface area contributed by atoms with E-state index >= 15 is 0 Å². The zero-order valence-corrected chi connectivity index (χ0v) is 16.3. The van der Waals surface area contributed by atoms with Crippen LogP contribution in [0.15, 0.2) is 42.5 Å². The SMILES string of the molecule is CC(=O)Nc1ccc(NS(C)(=O)=O)c(C(=O)NNC(=O)c2ccccc2C)c1. The molecular formula is C18H20N4O5S. The van der Waals surface area contributed by atoms with Crippen LogP contribution in [0.5, 0.6) is 0 Å². The summed E-state index contributed by atoms with van der Waals surface area (Å²) in [5, 5.41) is 2.50. The van der Waals surface area contributed by atoms with Gasteiger partial charge in [0.25, 0.3) is 11.8 Å². The molecule has 0 bridgehead atoms. The Morgan fingerprint density at radius 3 is 2.07 bits per heavy atom. The minimum absolute atomic E-state index is 0.000701. The van der Waals surface area contributed by atoms with E-state index in [0.717, 1.165) is 11.8 Å². The van der Waals surface area contributed by atoms with E-state index in [1.807, 2.05) is 0 Å². The van der Waals surface area contributed by atoms with E-state index in [2.05, 4.69) is 20.9 Å². The Morgan fingerprint density at radius 1 is 0.893 bits per heavy atom. The summed E-state index contributed by atoms with van der Waals surface area (Å²) in [5.74, 6) is -1.65. The number of hydrogen-bond donors (Lipinski definition) is 4. The predicted octanol–water partition coefficient (Wildman–Crippen LogP) is 1.40. The Labute approximate surface area is 162 Å². The van der Waals surface area contributed by atoms with E-state index in [1.54, 1.807) is 31.2 Å². The van der Waals surface area contributed by atoms with Gasteiger partial charge in [-0.05, 0) is 36.8 Å². The first-order chi connectivity index (χ1) is 13.1. The molecule has 0 aliphatic heterocycles. The molecule has 2 aromatic rings. The fraction of sp³-hybridized carbons (Fsp3) is 0.167. The van der Waals surface area contributed by atoms with Crippen LogP contribution in [0.1, 0.15) is 33.2 Å². The molecule has 2 aromatic carbocycles. The topological polar surface area (TPSA) is 133 Å². The van der Waals surface area contributed by atoms with Crippen molar-refractivity contribution in [1.82, 2.24) is 10.9 Å². The first-order valence-electron chi connectivity index (χ1n) is 8.12. The molecule has 0 saturated carbocycles. The zero-order chi connectivity index (χ0) is 20.9. The van der Waals surface area contributed by atoms with Crippen LogP contribution in [0.4, 0.5) is 11.4 Å². The van der Waals surface area contributed by atoms with E-state index in [9.17, 15) is 22.8 Å². The number of aryl methyl sites for hydroxylation is 1. The van der Waals surface area contributed by atoms with Crippen molar-refractivity contribution in [2.75, 3.05) is 16.3 Å². The molecule has 0 atom stereocenters. The van der Waals surface area contributed by atoms with Gasteiger partial charge >= 0.3 is 0 Å². The average Bonchev–Trinajstić information content (AvgIpc) is 2.59. The molecule has 0 aliphatic carbocycles. The van der Waals surface area contributed by atoms with Crippen LogP contribution in [0, 0.1) is 6.92 Å². The molecule has 0 fully saturated rings. The third kappa shape index (κ3) is 5.81. The van der Waals surface area contributed by atoms with E-state index in [4.69, 9.17) is 0 Å². The van der Waals surface area contributed by atoms with Gasteiger partial charge in [0.05, 0.1) is 17.5 Å². The number of nitrogens with one attached hydrogen (secondary N) is 4. The number of hydrazine groups is 1. The monoisotopic (exact) mass is 404 g/mol. The van der Waals surface area contributed by atoms with Crippen molar-refractivity contribution in [3.63, 3.8) is 0 Å². The molecule has 148 valence electrons. The van der Waals surface area contributed by atoms with Gasteiger partial charge in [0.1, 0.15) is 0 Å². The fourth-order valence-electron chi connectivity index (χ4n) is 2.38. The van der Waals surface area contributed by atoms with Crippen LogP contribution in [-0.4, -0.2) is 32.4 Å². The number of rotatable bonds is 5. The van der Waals surface area contributed by atoms with Crippen molar-refractivity contribution in [2.45, 2.75) is 13.8 Å². The van der Waals surface area contributed by atoms with Crippen molar-refractivity contribution < 1.29 is 22.8 Å². The quantitative estimate of drug-likeness (QED) is 0.559. The molecule has 0 saturated heterocycles. The summed E-state index contributed by atoms with van der Waals surface area (Å²) >= 11 is 0. The lowest BCUT2D eigenvalue weighted by atomic mass is 10.1. The van der Waals surface area contributed by atoms with Crippen molar-refractivity contribution in [1.29, 1.82) is 0 Å². The molecule has 0 spiro atoms. The van der Waals surface area contributed by atoms with Gasteiger partial charge in [-0.25, -0.2) is 8.42 Å². The zero-order valence-electron chi connectivity index (χ0n) is 15.5. The van der Waals surface area contributed by atoms with Crippen molar-refractivity contribution in [2.24, 2.45) is 0 Å². The highest BCUT2D eigenvalue weighted by Crippen LogP contribution is 2.21. The van der Waals surface area contributed by atoms with Gasteiger partial charge in [-0.3, -0.25) is 30.0 Å². The Morgan fingerprint density at radius 2 is 1.50 bits per heavy atom. The number of hydrogen-bond acceptors (Lipinski definition) is 5. The molecule has 2 rings (SSSR count). The lowest BCUT2D eigenvalue weighted by Crippen LogP contribution is -2.42. The third-order valence-corrected chi connectivity index (χ3v) is 4.15. The number of carbonyl (C=O) groups excluding carboxylic acids is 3. The van der Waals surface area contributed by atoms with Crippen LogP contribution >= 0.6 is 0 Å². The van der Waals surface area contributed by atoms with Gasteiger partial charge in [0, 0.05) is 18.2 Å². The maximum atomic E-state index is 12.5. The number of benzene rings is 2. The molecule has 10 heteroatoms. The normalized spacial score (nSPS) is 10.7. The second-order valence-electron chi connectivity index (χ2n) is 6.04. The summed E-state index contributed by atoms with van der Waals surface area (Å²) < 4.78 is 25.3. The Hall–Kier alpha value is -3.40. The maximum absolute atomic E-state index is 12.5. The third-order valence-electron chi connectivity index (χ3n) is 3.56. The first-order valence-corrected chi connectivity index (χ1v) is 10.0. The summed E-state index contributed by atoms with van der Waals surface area (Å²) in [6, 6.07) is 10.9. The lowest BCUT2D eigenvalue weighted by molar-refractivity contribution is -0.114. The van der Waals surface area contributed by atoms with Gasteiger partial charge in [-0.15, -0.1) is 0 Å². The highest BCUT2D eigenvalue weighted by Gasteiger charge is 2.17. The predicted molar refractivity (Wildman–Crippen MR) is 105 cm³/mol. The Bertz CT molecular complexity index is 1030. The Balaban J connectivity index is 2.25. The summed E-state index contributed by atoms with van der Waals surface area (Å²) in [6.07, 6.45) is 0.941. The van der Waals surface area contributed by atoms with Crippen molar-refractivity contribution in [3.05, 3.63) is 59.2 Å². The van der Waals surface area contributed by atoms with E-state index in [1.165, 1.54) is 25.1 Å².